The van der Waals surface area contributed by atoms with E-state index in [9.17, 15) is 0 Å². The summed E-state index contributed by atoms with van der Waals surface area (Å²) in [5.74, 6) is 0.910. The number of rotatable bonds is 4. The normalized spacial score (nSPS) is 12.6. The highest BCUT2D eigenvalue weighted by Crippen LogP contribution is 2.31. The molecule has 1 atom stereocenters. The second-order valence-corrected chi connectivity index (χ2v) is 4.30. The van der Waals surface area contributed by atoms with Gasteiger partial charge in [0, 0.05) is 11.4 Å². The van der Waals surface area contributed by atoms with Crippen molar-refractivity contribution in [3.8, 4) is 5.75 Å². The number of hydrogen-bond acceptors (Lipinski definition) is 2. The van der Waals surface area contributed by atoms with E-state index in [1.54, 1.807) is 7.11 Å². The van der Waals surface area contributed by atoms with Crippen molar-refractivity contribution < 1.29 is 4.74 Å². The third-order valence-electron chi connectivity index (χ3n) is 3.14. The van der Waals surface area contributed by atoms with Gasteiger partial charge in [-0.1, -0.05) is 43.7 Å². The van der Waals surface area contributed by atoms with Gasteiger partial charge in [0.25, 0.3) is 0 Å². The van der Waals surface area contributed by atoms with Gasteiger partial charge in [-0.05, 0) is 23.4 Å². The summed E-state index contributed by atoms with van der Waals surface area (Å²) in [6.07, 6.45) is 2.11. The van der Waals surface area contributed by atoms with Crippen molar-refractivity contribution in [3.05, 3.63) is 42.0 Å². The van der Waals surface area contributed by atoms with Gasteiger partial charge in [-0.15, -0.1) is 0 Å². The lowest BCUT2D eigenvalue weighted by molar-refractivity contribution is 0.419. The molecule has 0 saturated heterocycles. The molecule has 0 heterocycles. The Hall–Kier alpha value is -1.54. The van der Waals surface area contributed by atoms with E-state index in [1.807, 2.05) is 18.2 Å². The summed E-state index contributed by atoms with van der Waals surface area (Å²) in [5, 5.41) is 2.34. The lowest BCUT2D eigenvalue weighted by Gasteiger charge is -2.15. The molecule has 0 radical (unpaired) electrons. The van der Waals surface area contributed by atoms with Crippen LogP contribution in [0, 0.1) is 0 Å². The summed E-state index contributed by atoms with van der Waals surface area (Å²) in [5.41, 5.74) is 7.43. The van der Waals surface area contributed by atoms with Crippen LogP contribution in [0.2, 0.25) is 0 Å². The van der Waals surface area contributed by atoms with Crippen molar-refractivity contribution >= 4 is 10.8 Å². The smallest absolute Gasteiger partial charge is 0.126 e. The van der Waals surface area contributed by atoms with Gasteiger partial charge < -0.3 is 10.5 Å². The Balaban J connectivity index is 2.58. The Morgan fingerprint density at radius 2 is 1.82 bits per heavy atom. The topological polar surface area (TPSA) is 35.2 Å². The Morgan fingerprint density at radius 3 is 2.47 bits per heavy atom. The van der Waals surface area contributed by atoms with Crippen LogP contribution in [-0.4, -0.2) is 7.11 Å². The molecule has 0 amide bonds. The van der Waals surface area contributed by atoms with Crippen molar-refractivity contribution in [2.75, 3.05) is 7.11 Å². The molecule has 90 valence electrons. The van der Waals surface area contributed by atoms with Gasteiger partial charge in [-0.3, -0.25) is 0 Å². The summed E-state index contributed by atoms with van der Waals surface area (Å²) in [4.78, 5) is 0. The van der Waals surface area contributed by atoms with E-state index in [4.69, 9.17) is 10.5 Å². The fourth-order valence-electron chi connectivity index (χ4n) is 2.26. The number of benzene rings is 2. The van der Waals surface area contributed by atoms with E-state index < -0.39 is 0 Å². The van der Waals surface area contributed by atoms with E-state index in [2.05, 4.69) is 25.1 Å². The molecule has 17 heavy (non-hydrogen) atoms. The van der Waals surface area contributed by atoms with Gasteiger partial charge in [0.05, 0.1) is 7.11 Å². The van der Waals surface area contributed by atoms with Crippen LogP contribution in [0.4, 0.5) is 0 Å². The minimum Gasteiger partial charge on any atom is -0.496 e. The van der Waals surface area contributed by atoms with Crippen molar-refractivity contribution in [3.63, 3.8) is 0 Å². The van der Waals surface area contributed by atoms with Crippen LogP contribution in [0.5, 0.6) is 5.75 Å². The first kappa shape index (κ1) is 11.9. The molecule has 2 aromatic rings. The van der Waals surface area contributed by atoms with Crippen LogP contribution in [0.1, 0.15) is 31.4 Å². The fraction of sp³-hybridized carbons (Fsp3) is 0.333. The fourth-order valence-corrected chi connectivity index (χ4v) is 2.26. The molecule has 0 unspecified atom stereocenters. The molecule has 0 bridgehead atoms. The third kappa shape index (κ3) is 2.27. The van der Waals surface area contributed by atoms with Gasteiger partial charge in [0.1, 0.15) is 5.75 Å². The van der Waals surface area contributed by atoms with Crippen LogP contribution >= 0.6 is 0 Å². The van der Waals surface area contributed by atoms with Crippen molar-refractivity contribution in [2.45, 2.75) is 25.8 Å². The maximum absolute atomic E-state index is 6.22. The SMILES string of the molecule is CCC[C@H](N)c1ccc(OC)c2ccccc12. The first-order valence-electron chi connectivity index (χ1n) is 6.09. The molecule has 0 saturated carbocycles. The van der Waals surface area contributed by atoms with Crippen LogP contribution in [0.25, 0.3) is 10.8 Å². The predicted molar refractivity (Wildman–Crippen MR) is 72.3 cm³/mol. The molecule has 2 aromatic carbocycles. The first-order chi connectivity index (χ1) is 8.27. The molecule has 2 heteroatoms. The van der Waals surface area contributed by atoms with Gasteiger partial charge >= 0.3 is 0 Å². The van der Waals surface area contributed by atoms with E-state index in [-0.39, 0.29) is 6.04 Å². The Labute approximate surface area is 102 Å². The molecule has 0 fully saturated rings. The van der Waals surface area contributed by atoms with Crippen molar-refractivity contribution in [2.24, 2.45) is 5.73 Å². The number of methoxy groups -OCH3 is 1. The number of hydrogen-bond donors (Lipinski definition) is 1. The molecule has 0 aromatic heterocycles. The average molecular weight is 229 g/mol. The number of fused-ring (bicyclic) bond motifs is 1. The maximum Gasteiger partial charge on any atom is 0.126 e. The molecule has 2 N–H and O–H groups in total. The second kappa shape index (κ2) is 5.19. The molecule has 0 spiro atoms. The lowest BCUT2D eigenvalue weighted by Crippen LogP contribution is -2.10. The van der Waals surface area contributed by atoms with E-state index in [0.29, 0.717) is 0 Å². The molecular formula is C15H19NO. The van der Waals surface area contributed by atoms with Gasteiger partial charge in [0.15, 0.2) is 0 Å². The Morgan fingerprint density at radius 1 is 1.12 bits per heavy atom. The van der Waals surface area contributed by atoms with E-state index in [1.165, 1.54) is 10.9 Å². The van der Waals surface area contributed by atoms with Crippen LogP contribution in [0.15, 0.2) is 36.4 Å². The zero-order chi connectivity index (χ0) is 12.3. The summed E-state index contributed by atoms with van der Waals surface area (Å²) in [6.45, 7) is 2.16. The molecular weight excluding hydrogens is 210 g/mol. The highest BCUT2D eigenvalue weighted by molar-refractivity contribution is 5.91. The van der Waals surface area contributed by atoms with Gasteiger partial charge in [0.2, 0.25) is 0 Å². The average Bonchev–Trinajstić information content (AvgIpc) is 2.37. The molecule has 0 aliphatic heterocycles. The Bertz CT molecular complexity index is 507. The summed E-state index contributed by atoms with van der Waals surface area (Å²) >= 11 is 0. The largest absolute Gasteiger partial charge is 0.496 e. The summed E-state index contributed by atoms with van der Waals surface area (Å²) < 4.78 is 5.38. The monoisotopic (exact) mass is 229 g/mol. The Kier molecular flexibility index (Phi) is 3.64. The zero-order valence-electron chi connectivity index (χ0n) is 10.4. The molecule has 2 rings (SSSR count). The predicted octanol–water partition coefficient (Wildman–Crippen LogP) is 3.65. The second-order valence-electron chi connectivity index (χ2n) is 4.30. The minimum absolute atomic E-state index is 0.107. The number of nitrogens with two attached hydrogens (primary N) is 1. The first-order valence-corrected chi connectivity index (χ1v) is 6.09. The summed E-state index contributed by atoms with van der Waals surface area (Å²) in [7, 11) is 1.70. The lowest BCUT2D eigenvalue weighted by atomic mass is 9.96. The van der Waals surface area contributed by atoms with Crippen LogP contribution in [-0.2, 0) is 0 Å². The third-order valence-corrected chi connectivity index (χ3v) is 3.14. The van der Waals surface area contributed by atoms with Gasteiger partial charge in [-0.25, -0.2) is 0 Å². The minimum atomic E-state index is 0.107. The van der Waals surface area contributed by atoms with Crippen molar-refractivity contribution in [1.29, 1.82) is 0 Å². The molecule has 0 aliphatic rings. The van der Waals surface area contributed by atoms with Crippen LogP contribution in [0.3, 0.4) is 0 Å². The standard InChI is InChI=1S/C15H19NO/c1-3-6-14(16)12-9-10-15(17-2)13-8-5-4-7-11(12)13/h4-5,7-10,14H,3,6,16H2,1-2H3/t14-/m0/s1. The van der Waals surface area contributed by atoms with E-state index >= 15 is 0 Å². The molecule has 0 aliphatic carbocycles. The van der Waals surface area contributed by atoms with Crippen molar-refractivity contribution in [1.82, 2.24) is 0 Å². The van der Waals surface area contributed by atoms with Gasteiger partial charge in [-0.2, -0.15) is 0 Å². The van der Waals surface area contributed by atoms with E-state index in [0.717, 1.165) is 24.0 Å². The molecule has 2 nitrogen and oxygen atoms in total. The highest BCUT2D eigenvalue weighted by Gasteiger charge is 2.11. The maximum atomic E-state index is 6.22. The number of ether oxygens (including phenoxy) is 1. The summed E-state index contributed by atoms with van der Waals surface area (Å²) in [6, 6.07) is 12.5. The highest BCUT2D eigenvalue weighted by atomic mass is 16.5. The van der Waals surface area contributed by atoms with Crippen LogP contribution < -0.4 is 10.5 Å². The zero-order valence-corrected chi connectivity index (χ0v) is 10.4. The quantitative estimate of drug-likeness (QED) is 0.868.